The number of nitrogens with two attached hydrogens (primary N) is 1. The van der Waals surface area contributed by atoms with E-state index < -0.39 is 0 Å². The summed E-state index contributed by atoms with van der Waals surface area (Å²) in [6.07, 6.45) is 0.915. The second kappa shape index (κ2) is 6.14. The van der Waals surface area contributed by atoms with Crippen LogP contribution in [-0.4, -0.2) is 12.0 Å². The smallest absolute Gasteiger partial charge is 0.269 e. The lowest BCUT2D eigenvalue weighted by Crippen LogP contribution is -1.87. The lowest BCUT2D eigenvalue weighted by molar-refractivity contribution is -0.384. The average Bonchev–Trinajstić information content (AvgIpc) is 2.21. The van der Waals surface area contributed by atoms with E-state index in [4.69, 9.17) is 0 Å². The van der Waals surface area contributed by atoms with Crippen LogP contribution in [0.3, 0.4) is 0 Å². The topological polar surface area (TPSA) is 69.2 Å². The molecule has 0 heterocycles. The first-order valence-corrected chi connectivity index (χ1v) is 4.05. The van der Waals surface area contributed by atoms with Crippen molar-refractivity contribution in [3.63, 3.8) is 0 Å². The summed E-state index contributed by atoms with van der Waals surface area (Å²) >= 11 is 0. The summed E-state index contributed by atoms with van der Waals surface area (Å²) in [6, 6.07) is 6.61. The van der Waals surface area contributed by atoms with E-state index in [-0.39, 0.29) is 10.6 Å². The molecule has 0 fully saturated rings. The number of rotatable bonds is 2. The van der Waals surface area contributed by atoms with E-state index in [1.807, 2.05) is 6.92 Å². The number of aryl methyl sites for hydroxylation is 1. The van der Waals surface area contributed by atoms with Crippen LogP contribution in [0.25, 0.3) is 0 Å². The first-order valence-electron chi connectivity index (χ1n) is 4.05. The molecule has 72 valence electrons. The van der Waals surface area contributed by atoms with Gasteiger partial charge in [-0.25, -0.2) is 0 Å². The molecule has 1 aromatic rings. The van der Waals surface area contributed by atoms with E-state index in [0.29, 0.717) is 0 Å². The lowest BCUT2D eigenvalue weighted by Gasteiger charge is -1.93. The van der Waals surface area contributed by atoms with E-state index in [1.54, 1.807) is 12.1 Å². The van der Waals surface area contributed by atoms with E-state index in [0.717, 1.165) is 12.0 Å². The van der Waals surface area contributed by atoms with Gasteiger partial charge in [-0.3, -0.25) is 10.1 Å². The fraction of sp³-hybridized carbons (Fsp3) is 0.333. The summed E-state index contributed by atoms with van der Waals surface area (Å²) in [6.45, 7) is 2.02. The first kappa shape index (κ1) is 11.6. The number of hydrogen-bond donors (Lipinski definition) is 1. The van der Waals surface area contributed by atoms with Gasteiger partial charge in [-0.05, 0) is 19.0 Å². The van der Waals surface area contributed by atoms with Gasteiger partial charge in [0.2, 0.25) is 0 Å². The fourth-order valence-corrected chi connectivity index (χ4v) is 0.853. The zero-order valence-electron chi connectivity index (χ0n) is 7.86. The third-order valence-electron chi connectivity index (χ3n) is 1.56. The summed E-state index contributed by atoms with van der Waals surface area (Å²) < 4.78 is 0. The highest BCUT2D eigenvalue weighted by Crippen LogP contribution is 2.11. The number of non-ortho nitro benzene ring substituents is 1. The Morgan fingerprint density at radius 2 is 1.77 bits per heavy atom. The monoisotopic (exact) mass is 182 g/mol. The highest BCUT2D eigenvalue weighted by Gasteiger charge is 2.01. The molecule has 0 amide bonds. The maximum absolute atomic E-state index is 10.2. The number of hydrogen-bond acceptors (Lipinski definition) is 3. The minimum atomic E-state index is -0.389. The largest absolute Gasteiger partial charge is 0.333 e. The van der Waals surface area contributed by atoms with Crippen LogP contribution in [0.5, 0.6) is 0 Å². The quantitative estimate of drug-likeness (QED) is 0.559. The van der Waals surface area contributed by atoms with Crippen molar-refractivity contribution in [3.05, 3.63) is 39.9 Å². The molecule has 0 aromatic heterocycles. The second-order valence-electron chi connectivity index (χ2n) is 2.28. The van der Waals surface area contributed by atoms with Crippen molar-refractivity contribution < 1.29 is 4.92 Å². The van der Waals surface area contributed by atoms with Crippen LogP contribution < -0.4 is 5.73 Å². The molecule has 0 aliphatic rings. The fourth-order valence-electron chi connectivity index (χ4n) is 0.853. The Bertz CT molecular complexity index is 257. The molecule has 0 aliphatic heterocycles. The van der Waals surface area contributed by atoms with E-state index >= 15 is 0 Å². The van der Waals surface area contributed by atoms with Crippen LogP contribution in [-0.2, 0) is 6.42 Å². The van der Waals surface area contributed by atoms with Crippen molar-refractivity contribution >= 4 is 5.69 Å². The number of nitrogens with zero attached hydrogens (tertiary/aromatic N) is 1. The van der Waals surface area contributed by atoms with Gasteiger partial charge in [0.15, 0.2) is 0 Å². The molecule has 0 unspecified atom stereocenters. The minimum absolute atomic E-state index is 0.155. The molecular weight excluding hydrogens is 168 g/mol. The molecule has 0 spiro atoms. The summed E-state index contributed by atoms with van der Waals surface area (Å²) in [5.74, 6) is 0. The Morgan fingerprint density at radius 1 is 1.31 bits per heavy atom. The average molecular weight is 182 g/mol. The van der Waals surface area contributed by atoms with E-state index in [1.165, 1.54) is 19.2 Å². The molecule has 4 heteroatoms. The van der Waals surface area contributed by atoms with Crippen molar-refractivity contribution in [2.75, 3.05) is 7.05 Å². The van der Waals surface area contributed by atoms with Crippen LogP contribution in [0.1, 0.15) is 12.5 Å². The second-order valence-corrected chi connectivity index (χ2v) is 2.28. The summed E-state index contributed by atoms with van der Waals surface area (Å²) in [5.41, 5.74) is 5.78. The Balaban J connectivity index is 0.000000671. The van der Waals surface area contributed by atoms with Crippen molar-refractivity contribution in [2.45, 2.75) is 13.3 Å². The zero-order valence-corrected chi connectivity index (χ0v) is 7.86. The molecule has 0 bridgehead atoms. The number of nitro benzene ring substituents is 1. The molecule has 4 nitrogen and oxygen atoms in total. The SMILES string of the molecule is CCc1ccc([N+](=O)[O-])cc1.CN. The number of nitro groups is 1. The molecule has 1 rings (SSSR count). The van der Waals surface area contributed by atoms with Gasteiger partial charge in [0, 0.05) is 12.1 Å². The third kappa shape index (κ3) is 3.66. The molecule has 1 aromatic carbocycles. The molecule has 0 radical (unpaired) electrons. The summed E-state index contributed by atoms with van der Waals surface area (Å²) in [5, 5.41) is 10.2. The maximum atomic E-state index is 10.2. The molecule has 0 aliphatic carbocycles. The molecule has 0 saturated carbocycles. The number of benzene rings is 1. The van der Waals surface area contributed by atoms with Crippen LogP contribution >= 0.6 is 0 Å². The van der Waals surface area contributed by atoms with Crippen LogP contribution in [0, 0.1) is 10.1 Å². The Hall–Kier alpha value is -1.42. The van der Waals surface area contributed by atoms with Crippen molar-refractivity contribution in [1.82, 2.24) is 0 Å². The van der Waals surface area contributed by atoms with Crippen molar-refractivity contribution in [2.24, 2.45) is 5.73 Å². The van der Waals surface area contributed by atoms with Gasteiger partial charge < -0.3 is 5.73 Å². The van der Waals surface area contributed by atoms with Gasteiger partial charge >= 0.3 is 0 Å². The summed E-state index contributed by atoms with van der Waals surface area (Å²) in [7, 11) is 1.50. The van der Waals surface area contributed by atoms with E-state index in [2.05, 4.69) is 5.73 Å². The molecular formula is C9H14N2O2. The Kier molecular flexibility index (Phi) is 5.47. The van der Waals surface area contributed by atoms with Gasteiger partial charge in [-0.15, -0.1) is 0 Å². The van der Waals surface area contributed by atoms with Gasteiger partial charge in [0.1, 0.15) is 0 Å². The van der Waals surface area contributed by atoms with Crippen LogP contribution in [0.2, 0.25) is 0 Å². The zero-order chi connectivity index (χ0) is 10.3. The minimum Gasteiger partial charge on any atom is -0.333 e. The van der Waals surface area contributed by atoms with E-state index in [9.17, 15) is 10.1 Å². The maximum Gasteiger partial charge on any atom is 0.269 e. The highest BCUT2D eigenvalue weighted by atomic mass is 16.6. The molecule has 13 heavy (non-hydrogen) atoms. The first-order chi connectivity index (χ1) is 6.24. The summed E-state index contributed by atoms with van der Waals surface area (Å²) in [4.78, 5) is 9.82. The van der Waals surface area contributed by atoms with Crippen LogP contribution in [0.4, 0.5) is 5.69 Å². The lowest BCUT2D eigenvalue weighted by atomic mass is 10.2. The van der Waals surface area contributed by atoms with Gasteiger partial charge in [-0.2, -0.15) is 0 Å². The predicted octanol–water partition coefficient (Wildman–Crippen LogP) is 1.73. The van der Waals surface area contributed by atoms with Crippen molar-refractivity contribution in [3.8, 4) is 0 Å². The molecule has 2 N–H and O–H groups in total. The standard InChI is InChI=1S/C8H9NO2.CH5N/c1-2-7-3-5-8(6-4-7)9(10)11;1-2/h3-6H,2H2,1H3;2H2,1H3. The normalized spacial score (nSPS) is 8.54. The van der Waals surface area contributed by atoms with Gasteiger partial charge in [0.25, 0.3) is 5.69 Å². The molecule has 0 atom stereocenters. The highest BCUT2D eigenvalue weighted by molar-refractivity contribution is 5.32. The van der Waals surface area contributed by atoms with Crippen LogP contribution in [0.15, 0.2) is 24.3 Å². The molecule has 0 saturated heterocycles. The van der Waals surface area contributed by atoms with Crippen molar-refractivity contribution in [1.29, 1.82) is 0 Å². The van der Waals surface area contributed by atoms with Gasteiger partial charge in [-0.1, -0.05) is 19.1 Å². The van der Waals surface area contributed by atoms with Gasteiger partial charge in [0.05, 0.1) is 4.92 Å². The third-order valence-corrected chi connectivity index (χ3v) is 1.56. The predicted molar refractivity (Wildman–Crippen MR) is 52.6 cm³/mol. The Morgan fingerprint density at radius 3 is 2.08 bits per heavy atom. The Labute approximate surface area is 77.5 Å².